The SMILES string of the molecule is COCCCCOC(=O)c1ccc(NC(N)=O)cc1. The fraction of sp³-hybridized carbons (Fsp3) is 0.385. The lowest BCUT2D eigenvalue weighted by Crippen LogP contribution is -2.19. The molecule has 0 heterocycles. The van der Waals surface area contributed by atoms with Crippen LogP contribution in [-0.2, 0) is 9.47 Å². The lowest BCUT2D eigenvalue weighted by atomic mass is 10.2. The molecule has 0 aromatic heterocycles. The van der Waals surface area contributed by atoms with Gasteiger partial charge < -0.3 is 20.5 Å². The second-order valence-electron chi connectivity index (χ2n) is 3.90. The third-order valence-corrected chi connectivity index (χ3v) is 2.36. The molecule has 104 valence electrons. The van der Waals surface area contributed by atoms with Gasteiger partial charge in [0.15, 0.2) is 0 Å². The van der Waals surface area contributed by atoms with E-state index in [1.807, 2.05) is 0 Å². The number of nitrogens with one attached hydrogen (secondary N) is 1. The number of rotatable bonds is 7. The largest absolute Gasteiger partial charge is 0.462 e. The van der Waals surface area contributed by atoms with Gasteiger partial charge in [0.1, 0.15) is 0 Å². The first kappa shape index (κ1) is 15.0. The number of anilines is 1. The number of methoxy groups -OCH3 is 1. The first-order valence-electron chi connectivity index (χ1n) is 5.96. The topological polar surface area (TPSA) is 90.7 Å². The van der Waals surface area contributed by atoms with Crippen LogP contribution in [0.2, 0.25) is 0 Å². The molecule has 1 aromatic rings. The maximum atomic E-state index is 11.6. The Balaban J connectivity index is 2.38. The van der Waals surface area contributed by atoms with E-state index in [-0.39, 0.29) is 5.97 Å². The normalized spacial score (nSPS) is 9.95. The Morgan fingerprint density at radius 3 is 2.37 bits per heavy atom. The summed E-state index contributed by atoms with van der Waals surface area (Å²) in [4.78, 5) is 22.3. The first-order valence-corrected chi connectivity index (χ1v) is 5.96. The van der Waals surface area contributed by atoms with Crippen LogP contribution in [0, 0.1) is 0 Å². The minimum atomic E-state index is -0.645. The van der Waals surface area contributed by atoms with Crippen LogP contribution in [0.4, 0.5) is 10.5 Å². The van der Waals surface area contributed by atoms with Crippen LogP contribution < -0.4 is 11.1 Å². The number of esters is 1. The van der Waals surface area contributed by atoms with Gasteiger partial charge in [-0.1, -0.05) is 0 Å². The van der Waals surface area contributed by atoms with Crippen molar-refractivity contribution < 1.29 is 19.1 Å². The number of ether oxygens (including phenoxy) is 2. The van der Waals surface area contributed by atoms with Crippen molar-refractivity contribution in [3.05, 3.63) is 29.8 Å². The number of benzene rings is 1. The number of amides is 2. The van der Waals surface area contributed by atoms with Gasteiger partial charge in [-0.2, -0.15) is 0 Å². The van der Waals surface area contributed by atoms with Gasteiger partial charge in [-0.15, -0.1) is 0 Å². The van der Waals surface area contributed by atoms with Gasteiger partial charge in [0.05, 0.1) is 12.2 Å². The van der Waals surface area contributed by atoms with Crippen LogP contribution >= 0.6 is 0 Å². The summed E-state index contributed by atoms with van der Waals surface area (Å²) in [6, 6.07) is 5.68. The molecule has 0 atom stereocenters. The highest BCUT2D eigenvalue weighted by Gasteiger charge is 2.06. The Kier molecular flexibility index (Phi) is 6.38. The standard InChI is InChI=1S/C13H18N2O4/c1-18-8-2-3-9-19-12(16)10-4-6-11(7-5-10)15-13(14)17/h4-7H,2-3,8-9H2,1H3,(H3,14,15,17). The summed E-state index contributed by atoms with van der Waals surface area (Å²) >= 11 is 0. The minimum absolute atomic E-state index is 0.365. The van der Waals surface area contributed by atoms with Gasteiger partial charge >= 0.3 is 12.0 Å². The third kappa shape index (κ3) is 5.87. The molecular weight excluding hydrogens is 248 g/mol. The molecule has 3 N–H and O–H groups in total. The Morgan fingerprint density at radius 2 is 1.79 bits per heavy atom. The molecule has 0 spiro atoms. The number of carbonyl (C=O) groups is 2. The van der Waals surface area contributed by atoms with Crippen LogP contribution in [0.3, 0.4) is 0 Å². The molecule has 1 rings (SSSR count). The number of urea groups is 1. The van der Waals surface area contributed by atoms with Crippen molar-refractivity contribution in [3.8, 4) is 0 Å². The lowest BCUT2D eigenvalue weighted by molar-refractivity contribution is 0.0489. The van der Waals surface area contributed by atoms with E-state index >= 15 is 0 Å². The second kappa shape index (κ2) is 8.10. The van der Waals surface area contributed by atoms with Gasteiger partial charge in [0.25, 0.3) is 0 Å². The molecule has 0 saturated carbocycles. The minimum Gasteiger partial charge on any atom is -0.462 e. The van der Waals surface area contributed by atoms with Crippen molar-refractivity contribution in [2.24, 2.45) is 5.73 Å². The molecule has 6 heteroatoms. The summed E-state index contributed by atoms with van der Waals surface area (Å²) in [6.45, 7) is 1.02. The number of primary amides is 1. The quantitative estimate of drug-likeness (QED) is 0.581. The highest BCUT2D eigenvalue weighted by molar-refractivity contribution is 5.91. The van der Waals surface area contributed by atoms with Crippen LogP contribution in [-0.4, -0.2) is 32.3 Å². The summed E-state index contributed by atoms with van der Waals surface area (Å²) in [5.74, 6) is -0.386. The molecule has 6 nitrogen and oxygen atoms in total. The van der Waals surface area contributed by atoms with Gasteiger partial charge in [-0.25, -0.2) is 9.59 Å². The maximum absolute atomic E-state index is 11.6. The van der Waals surface area contributed by atoms with Crippen LogP contribution in [0.25, 0.3) is 0 Å². The number of nitrogens with two attached hydrogens (primary N) is 1. The zero-order valence-corrected chi connectivity index (χ0v) is 10.8. The lowest BCUT2D eigenvalue weighted by Gasteiger charge is -2.06. The van der Waals surface area contributed by atoms with Crippen LogP contribution in [0.1, 0.15) is 23.2 Å². The monoisotopic (exact) mass is 266 g/mol. The van der Waals surface area contributed by atoms with E-state index in [0.29, 0.717) is 24.5 Å². The summed E-state index contributed by atoms with van der Waals surface area (Å²) in [5.41, 5.74) is 5.94. The third-order valence-electron chi connectivity index (χ3n) is 2.36. The zero-order chi connectivity index (χ0) is 14.1. The molecule has 0 fully saturated rings. The Bertz CT molecular complexity index is 417. The van der Waals surface area contributed by atoms with E-state index in [4.69, 9.17) is 15.2 Å². The van der Waals surface area contributed by atoms with Gasteiger partial charge in [-0.05, 0) is 37.1 Å². The van der Waals surface area contributed by atoms with E-state index in [9.17, 15) is 9.59 Å². The number of unbranched alkanes of at least 4 members (excludes halogenated alkanes) is 1. The number of hydrogen-bond donors (Lipinski definition) is 2. The van der Waals surface area contributed by atoms with Crippen LogP contribution in [0.5, 0.6) is 0 Å². The molecule has 0 bridgehead atoms. The molecule has 19 heavy (non-hydrogen) atoms. The van der Waals surface area contributed by atoms with Crippen molar-refractivity contribution in [1.29, 1.82) is 0 Å². The van der Waals surface area contributed by atoms with E-state index in [2.05, 4.69) is 5.32 Å². The second-order valence-corrected chi connectivity index (χ2v) is 3.90. The summed E-state index contributed by atoms with van der Waals surface area (Å²) in [6.07, 6.45) is 1.62. The molecular formula is C13H18N2O4. The van der Waals surface area contributed by atoms with Gasteiger partial charge in [0, 0.05) is 19.4 Å². The molecule has 1 aromatic carbocycles. The summed E-state index contributed by atoms with van der Waals surface area (Å²) in [5, 5.41) is 2.41. The average Bonchev–Trinajstić information content (AvgIpc) is 2.38. The predicted molar refractivity (Wildman–Crippen MR) is 71.0 cm³/mol. The Labute approximate surface area is 111 Å². The van der Waals surface area contributed by atoms with E-state index in [1.165, 1.54) is 0 Å². The number of carbonyl (C=O) groups excluding carboxylic acids is 2. The van der Waals surface area contributed by atoms with Gasteiger partial charge in [-0.3, -0.25) is 0 Å². The highest BCUT2D eigenvalue weighted by atomic mass is 16.5. The van der Waals surface area contributed by atoms with Crippen LogP contribution in [0.15, 0.2) is 24.3 Å². The molecule has 0 aliphatic rings. The Hall–Kier alpha value is -2.08. The van der Waals surface area contributed by atoms with Crippen molar-refractivity contribution in [2.45, 2.75) is 12.8 Å². The average molecular weight is 266 g/mol. The van der Waals surface area contributed by atoms with E-state index in [1.54, 1.807) is 31.4 Å². The van der Waals surface area contributed by atoms with Crippen molar-refractivity contribution >= 4 is 17.7 Å². The first-order chi connectivity index (χ1) is 9.13. The summed E-state index contributed by atoms with van der Waals surface area (Å²) in [7, 11) is 1.63. The molecule has 0 aliphatic heterocycles. The molecule has 2 amide bonds. The van der Waals surface area contributed by atoms with E-state index < -0.39 is 6.03 Å². The van der Waals surface area contributed by atoms with Crippen molar-refractivity contribution in [2.75, 3.05) is 25.6 Å². The smallest absolute Gasteiger partial charge is 0.338 e. The fourth-order valence-corrected chi connectivity index (χ4v) is 1.43. The maximum Gasteiger partial charge on any atom is 0.338 e. The molecule has 0 saturated heterocycles. The highest BCUT2D eigenvalue weighted by Crippen LogP contribution is 2.10. The number of hydrogen-bond acceptors (Lipinski definition) is 4. The molecule has 0 radical (unpaired) electrons. The predicted octanol–water partition coefficient (Wildman–Crippen LogP) is 1.76. The Morgan fingerprint density at radius 1 is 1.16 bits per heavy atom. The molecule has 0 aliphatic carbocycles. The van der Waals surface area contributed by atoms with Crippen molar-refractivity contribution in [3.63, 3.8) is 0 Å². The van der Waals surface area contributed by atoms with Gasteiger partial charge in [0.2, 0.25) is 0 Å². The molecule has 0 unspecified atom stereocenters. The van der Waals surface area contributed by atoms with Crippen molar-refractivity contribution in [1.82, 2.24) is 0 Å². The zero-order valence-electron chi connectivity index (χ0n) is 10.8. The fourth-order valence-electron chi connectivity index (χ4n) is 1.43. The van der Waals surface area contributed by atoms with E-state index in [0.717, 1.165) is 12.8 Å². The summed E-state index contributed by atoms with van der Waals surface area (Å²) < 4.78 is 9.98.